The number of amides is 1. The van der Waals surface area contributed by atoms with Gasteiger partial charge in [0.05, 0.1) is 10.7 Å². The van der Waals surface area contributed by atoms with Crippen LogP contribution in [0.2, 0.25) is 5.02 Å². The van der Waals surface area contributed by atoms with E-state index in [1.54, 1.807) is 6.07 Å². The highest BCUT2D eigenvalue weighted by Gasteiger charge is 2.21. The number of nitrogens with two attached hydrogens (primary N) is 1. The van der Waals surface area contributed by atoms with E-state index in [9.17, 15) is 4.79 Å². The highest BCUT2D eigenvalue weighted by atomic mass is 35.5. The summed E-state index contributed by atoms with van der Waals surface area (Å²) in [4.78, 5) is 15.8. The standard InChI is InChI=1S/C13H18ClN5O/c1-16-17-9-13(20)19-6-4-18(5-7-19)10-2-3-11(14)12(15)8-10/h2-3,8,17H,1,4-7,9,15H2. The zero-order valence-electron chi connectivity index (χ0n) is 11.2. The van der Waals surface area contributed by atoms with E-state index in [2.05, 4.69) is 22.1 Å². The number of nitrogens with one attached hydrogen (secondary N) is 1. The Kier molecular flexibility index (Phi) is 4.68. The molecule has 3 N–H and O–H groups in total. The molecule has 0 aliphatic carbocycles. The van der Waals surface area contributed by atoms with Crippen molar-refractivity contribution in [1.82, 2.24) is 10.3 Å². The van der Waals surface area contributed by atoms with Crippen LogP contribution in [-0.2, 0) is 4.79 Å². The Hall–Kier alpha value is -1.95. The van der Waals surface area contributed by atoms with Gasteiger partial charge in [0, 0.05) is 38.6 Å². The Bertz CT molecular complexity index is 500. The Morgan fingerprint density at radius 2 is 2.10 bits per heavy atom. The maximum atomic E-state index is 11.8. The van der Waals surface area contributed by atoms with Crippen molar-refractivity contribution in [2.75, 3.05) is 43.4 Å². The average Bonchev–Trinajstić information content (AvgIpc) is 2.48. The molecule has 1 amide bonds. The molecule has 108 valence electrons. The van der Waals surface area contributed by atoms with Crippen LogP contribution in [-0.4, -0.2) is 50.2 Å². The van der Waals surface area contributed by atoms with E-state index in [-0.39, 0.29) is 12.5 Å². The van der Waals surface area contributed by atoms with Crippen molar-refractivity contribution in [3.05, 3.63) is 23.2 Å². The van der Waals surface area contributed by atoms with Crippen LogP contribution < -0.4 is 16.1 Å². The van der Waals surface area contributed by atoms with Crippen LogP contribution in [0.15, 0.2) is 23.3 Å². The van der Waals surface area contributed by atoms with Crippen LogP contribution in [0.25, 0.3) is 0 Å². The van der Waals surface area contributed by atoms with Gasteiger partial charge in [-0.1, -0.05) is 11.6 Å². The summed E-state index contributed by atoms with van der Waals surface area (Å²) >= 11 is 5.92. The lowest BCUT2D eigenvalue weighted by Crippen LogP contribution is -2.50. The number of nitrogen functional groups attached to an aromatic ring is 1. The molecule has 0 unspecified atom stereocenters. The first-order valence-electron chi connectivity index (χ1n) is 6.38. The highest BCUT2D eigenvalue weighted by molar-refractivity contribution is 6.33. The number of carbonyl (C=O) groups is 1. The summed E-state index contributed by atoms with van der Waals surface area (Å²) in [5, 5.41) is 4.03. The molecule has 1 aliphatic rings. The monoisotopic (exact) mass is 295 g/mol. The van der Waals surface area contributed by atoms with Crippen LogP contribution in [0, 0.1) is 0 Å². The molecule has 0 aromatic heterocycles. The number of anilines is 2. The van der Waals surface area contributed by atoms with E-state index in [1.807, 2.05) is 17.0 Å². The van der Waals surface area contributed by atoms with Crippen molar-refractivity contribution in [1.29, 1.82) is 0 Å². The summed E-state index contributed by atoms with van der Waals surface area (Å²) in [5.41, 5.74) is 10.00. The van der Waals surface area contributed by atoms with Crippen molar-refractivity contribution >= 4 is 35.6 Å². The number of benzene rings is 1. The lowest BCUT2D eigenvalue weighted by molar-refractivity contribution is -0.130. The number of hydrogen-bond donors (Lipinski definition) is 2. The third kappa shape index (κ3) is 3.33. The zero-order valence-corrected chi connectivity index (χ0v) is 11.9. The fraction of sp³-hybridized carbons (Fsp3) is 0.385. The van der Waals surface area contributed by atoms with Gasteiger partial charge in [-0.2, -0.15) is 5.10 Å². The van der Waals surface area contributed by atoms with Gasteiger partial charge < -0.3 is 21.0 Å². The Morgan fingerprint density at radius 3 is 2.70 bits per heavy atom. The van der Waals surface area contributed by atoms with Gasteiger partial charge >= 0.3 is 0 Å². The molecular weight excluding hydrogens is 278 g/mol. The summed E-state index contributed by atoms with van der Waals surface area (Å²) < 4.78 is 0. The lowest BCUT2D eigenvalue weighted by atomic mass is 10.2. The third-order valence-electron chi connectivity index (χ3n) is 3.32. The van der Waals surface area contributed by atoms with Crippen molar-refractivity contribution in [2.24, 2.45) is 5.10 Å². The minimum atomic E-state index is 0.0349. The fourth-order valence-corrected chi connectivity index (χ4v) is 2.29. The third-order valence-corrected chi connectivity index (χ3v) is 3.66. The summed E-state index contributed by atoms with van der Waals surface area (Å²) in [6.45, 7) is 6.38. The molecule has 1 saturated heterocycles. The minimum absolute atomic E-state index is 0.0349. The quantitative estimate of drug-likeness (QED) is 0.489. The van der Waals surface area contributed by atoms with E-state index in [4.69, 9.17) is 17.3 Å². The summed E-state index contributed by atoms with van der Waals surface area (Å²) in [5.74, 6) is 0.0349. The second kappa shape index (κ2) is 6.47. The predicted molar refractivity (Wildman–Crippen MR) is 82.2 cm³/mol. The van der Waals surface area contributed by atoms with Crippen molar-refractivity contribution in [3.8, 4) is 0 Å². The van der Waals surface area contributed by atoms with Gasteiger partial charge in [0.25, 0.3) is 0 Å². The van der Waals surface area contributed by atoms with E-state index >= 15 is 0 Å². The molecule has 0 spiro atoms. The van der Waals surface area contributed by atoms with Crippen molar-refractivity contribution in [3.63, 3.8) is 0 Å². The van der Waals surface area contributed by atoms with Crippen LogP contribution in [0.1, 0.15) is 0 Å². The van der Waals surface area contributed by atoms with Gasteiger partial charge in [0.2, 0.25) is 5.91 Å². The van der Waals surface area contributed by atoms with Gasteiger partial charge in [-0.05, 0) is 18.2 Å². The topological polar surface area (TPSA) is 74.0 Å². The van der Waals surface area contributed by atoms with E-state index in [0.29, 0.717) is 23.8 Å². The number of hydrogen-bond acceptors (Lipinski definition) is 5. The van der Waals surface area contributed by atoms with Gasteiger partial charge in [0.1, 0.15) is 6.54 Å². The van der Waals surface area contributed by atoms with Crippen LogP contribution in [0.3, 0.4) is 0 Å². The molecule has 1 aromatic carbocycles. The smallest absolute Gasteiger partial charge is 0.243 e. The molecule has 0 saturated carbocycles. The molecule has 20 heavy (non-hydrogen) atoms. The second-order valence-electron chi connectivity index (χ2n) is 4.57. The first-order chi connectivity index (χ1) is 9.61. The van der Waals surface area contributed by atoms with Crippen LogP contribution in [0.4, 0.5) is 11.4 Å². The lowest BCUT2D eigenvalue weighted by Gasteiger charge is -2.36. The Labute approximate surface area is 123 Å². The fourth-order valence-electron chi connectivity index (χ4n) is 2.18. The molecule has 7 heteroatoms. The second-order valence-corrected chi connectivity index (χ2v) is 4.97. The first-order valence-corrected chi connectivity index (χ1v) is 6.76. The van der Waals surface area contributed by atoms with Crippen LogP contribution >= 0.6 is 11.6 Å². The van der Waals surface area contributed by atoms with Gasteiger partial charge in [0.15, 0.2) is 0 Å². The molecule has 1 fully saturated rings. The molecule has 0 bridgehead atoms. The number of piperazine rings is 1. The molecule has 0 atom stereocenters. The SMILES string of the molecule is C=NNCC(=O)N1CCN(c2ccc(Cl)c(N)c2)CC1. The van der Waals surface area contributed by atoms with E-state index in [0.717, 1.165) is 18.8 Å². The summed E-state index contributed by atoms with van der Waals surface area (Å²) in [6, 6.07) is 5.60. The highest BCUT2D eigenvalue weighted by Crippen LogP contribution is 2.25. The van der Waals surface area contributed by atoms with Gasteiger partial charge in [-0.3, -0.25) is 4.79 Å². The summed E-state index contributed by atoms with van der Waals surface area (Å²) in [7, 11) is 0. The number of carbonyl (C=O) groups excluding carboxylic acids is 1. The molecular formula is C13H18ClN5O. The van der Waals surface area contributed by atoms with Crippen molar-refractivity contribution < 1.29 is 4.79 Å². The molecule has 6 nitrogen and oxygen atoms in total. The number of nitrogens with zero attached hydrogens (tertiary/aromatic N) is 3. The largest absolute Gasteiger partial charge is 0.397 e. The maximum absolute atomic E-state index is 11.8. The summed E-state index contributed by atoms with van der Waals surface area (Å²) in [6.07, 6.45) is 0. The molecule has 1 heterocycles. The predicted octanol–water partition coefficient (Wildman–Crippen LogP) is 0.776. The first kappa shape index (κ1) is 14.5. The van der Waals surface area contributed by atoms with E-state index < -0.39 is 0 Å². The average molecular weight is 296 g/mol. The minimum Gasteiger partial charge on any atom is -0.397 e. The molecule has 1 aromatic rings. The maximum Gasteiger partial charge on any atom is 0.243 e. The Morgan fingerprint density at radius 1 is 1.40 bits per heavy atom. The number of halogens is 1. The van der Waals surface area contributed by atoms with Gasteiger partial charge in [-0.15, -0.1) is 0 Å². The van der Waals surface area contributed by atoms with Crippen molar-refractivity contribution in [2.45, 2.75) is 0 Å². The van der Waals surface area contributed by atoms with Crippen LogP contribution in [0.5, 0.6) is 0 Å². The van der Waals surface area contributed by atoms with Gasteiger partial charge in [-0.25, -0.2) is 0 Å². The number of rotatable bonds is 4. The Balaban J connectivity index is 1.92. The normalized spacial score (nSPS) is 15.1. The van der Waals surface area contributed by atoms with E-state index in [1.165, 1.54) is 0 Å². The number of hydrazone groups is 1. The molecule has 0 radical (unpaired) electrons. The zero-order chi connectivity index (χ0) is 14.5. The molecule has 1 aliphatic heterocycles. The molecule has 2 rings (SSSR count).